The third-order valence-electron chi connectivity index (χ3n) is 14.1. The largest absolute Gasteiger partial charge is 0.396 e. The van der Waals surface area contributed by atoms with Crippen LogP contribution in [0.5, 0.6) is 0 Å². The molecule has 9 nitrogen and oxygen atoms in total. The highest BCUT2D eigenvalue weighted by Gasteiger charge is 2.68. The molecule has 1 aromatic rings. The molecule has 2 saturated carbocycles. The first-order valence-electron chi connectivity index (χ1n) is 21.6. The number of hydrogen-bond donors (Lipinski definition) is 6. The molecule has 58 heavy (non-hydrogen) atoms. The SMILES string of the molecule is C=C(C=CC=C(COCC)[C@H]1CC[C@]2([C@@H]1O)[C@H]1C(=C(C)C=O)[C@@H](C=C[C@@H]1CCO)C[C@]2(O)CCNC)[C@@H]1CC=C(C)[C@@H](O)N[C@](C)(CCOC)Cc2cccc(c2)C1. The number of nitrogens with one attached hydrogen (secondary N) is 2. The third kappa shape index (κ3) is 9.96. The van der Waals surface area contributed by atoms with Crippen LogP contribution in [-0.2, 0) is 27.1 Å². The summed E-state index contributed by atoms with van der Waals surface area (Å²) in [4.78, 5) is 12.4. The van der Waals surface area contributed by atoms with Crippen LogP contribution in [0.15, 0.2) is 95.2 Å². The van der Waals surface area contributed by atoms with E-state index in [1.54, 1.807) is 7.11 Å². The highest BCUT2D eigenvalue weighted by atomic mass is 16.5. The Morgan fingerprint density at radius 2 is 1.95 bits per heavy atom. The van der Waals surface area contributed by atoms with Crippen molar-refractivity contribution < 1.29 is 34.7 Å². The molecular formula is C49H72N2O7. The number of benzene rings is 1. The lowest BCUT2D eigenvalue weighted by molar-refractivity contribution is -0.194. The van der Waals surface area contributed by atoms with E-state index in [1.165, 1.54) is 11.1 Å². The van der Waals surface area contributed by atoms with Gasteiger partial charge in [0.15, 0.2) is 0 Å². The zero-order valence-electron chi connectivity index (χ0n) is 36.0. The van der Waals surface area contributed by atoms with Gasteiger partial charge in [-0.3, -0.25) is 10.1 Å². The minimum Gasteiger partial charge on any atom is -0.396 e. The molecule has 0 saturated heterocycles. The smallest absolute Gasteiger partial charge is 0.145 e. The van der Waals surface area contributed by atoms with Crippen LogP contribution in [0.3, 0.4) is 0 Å². The number of hydrogen-bond acceptors (Lipinski definition) is 9. The van der Waals surface area contributed by atoms with Crippen molar-refractivity contribution in [2.45, 2.75) is 109 Å². The quantitative estimate of drug-likeness (QED) is 0.0490. The van der Waals surface area contributed by atoms with E-state index in [2.05, 4.69) is 78.8 Å². The first-order valence-corrected chi connectivity index (χ1v) is 21.6. The Morgan fingerprint density at radius 3 is 2.66 bits per heavy atom. The van der Waals surface area contributed by atoms with Crippen LogP contribution in [0, 0.1) is 35.0 Å². The van der Waals surface area contributed by atoms with Crippen molar-refractivity contribution >= 4 is 6.29 Å². The van der Waals surface area contributed by atoms with Crippen molar-refractivity contribution in [2.75, 3.05) is 47.1 Å². The molecular weight excluding hydrogens is 729 g/mol. The van der Waals surface area contributed by atoms with Gasteiger partial charge in [-0.15, -0.1) is 0 Å². The number of allylic oxidation sites excluding steroid dienone is 9. The monoisotopic (exact) mass is 801 g/mol. The molecule has 0 amide bonds. The van der Waals surface area contributed by atoms with E-state index in [1.807, 2.05) is 33.9 Å². The van der Waals surface area contributed by atoms with E-state index in [4.69, 9.17) is 9.47 Å². The summed E-state index contributed by atoms with van der Waals surface area (Å²) in [6.45, 7) is 14.5. The van der Waals surface area contributed by atoms with E-state index in [0.29, 0.717) is 70.5 Å². The molecule has 320 valence electrons. The Morgan fingerprint density at radius 1 is 1.17 bits per heavy atom. The minimum atomic E-state index is -1.20. The zero-order valence-corrected chi connectivity index (χ0v) is 36.0. The third-order valence-corrected chi connectivity index (χ3v) is 14.1. The summed E-state index contributed by atoms with van der Waals surface area (Å²) in [5.41, 5.74) is 4.43. The van der Waals surface area contributed by atoms with E-state index < -0.39 is 23.3 Å². The number of fused-ring (bicyclic) bond motifs is 5. The van der Waals surface area contributed by atoms with Gasteiger partial charge in [-0.2, -0.15) is 0 Å². The van der Waals surface area contributed by atoms with Gasteiger partial charge in [-0.1, -0.05) is 78.4 Å². The maximum atomic E-state index is 12.9. The number of aldehydes is 1. The normalized spacial score (nSPS) is 35.1. The first-order chi connectivity index (χ1) is 27.8. The number of ether oxygens (including phenoxy) is 2. The van der Waals surface area contributed by atoms with Crippen LogP contribution in [0.1, 0.15) is 83.8 Å². The predicted octanol–water partition coefficient (Wildman–Crippen LogP) is 6.33. The average molecular weight is 801 g/mol. The minimum absolute atomic E-state index is 0.0219. The van der Waals surface area contributed by atoms with Gasteiger partial charge in [-0.25, -0.2) is 0 Å². The lowest BCUT2D eigenvalue weighted by atomic mass is 9.45. The first kappa shape index (κ1) is 46.1. The van der Waals surface area contributed by atoms with E-state index in [-0.39, 0.29) is 41.7 Å². The maximum Gasteiger partial charge on any atom is 0.145 e. The Balaban J connectivity index is 1.47. The number of aliphatic hydroxyl groups is 4. The second kappa shape index (κ2) is 20.5. The van der Waals surface area contributed by atoms with Crippen LogP contribution < -0.4 is 10.6 Å². The molecule has 4 aliphatic rings. The van der Waals surface area contributed by atoms with Crippen LogP contribution >= 0.6 is 0 Å². The Hall–Kier alpha value is -2.99. The van der Waals surface area contributed by atoms with Gasteiger partial charge in [0.25, 0.3) is 0 Å². The molecule has 2 fully saturated rings. The number of methoxy groups -OCH3 is 1. The van der Waals surface area contributed by atoms with E-state index in [0.717, 1.165) is 47.8 Å². The zero-order chi connectivity index (χ0) is 42.1. The predicted molar refractivity (Wildman–Crippen MR) is 232 cm³/mol. The summed E-state index contributed by atoms with van der Waals surface area (Å²) >= 11 is 0. The van der Waals surface area contributed by atoms with Crippen molar-refractivity contribution in [3.05, 3.63) is 106 Å². The number of aliphatic hydroxyl groups excluding tert-OH is 3. The summed E-state index contributed by atoms with van der Waals surface area (Å²) in [6.07, 6.45) is 17.4. The second-order valence-corrected chi connectivity index (χ2v) is 17.9. The molecule has 0 radical (unpaired) electrons. The van der Waals surface area contributed by atoms with Gasteiger partial charge in [0.2, 0.25) is 0 Å². The number of carbonyl (C=O) groups is 1. The molecule has 9 heteroatoms. The van der Waals surface area contributed by atoms with E-state index >= 15 is 0 Å². The molecule has 0 aromatic heterocycles. The number of rotatable bonds is 16. The molecule has 3 aliphatic carbocycles. The van der Waals surface area contributed by atoms with Crippen LogP contribution in [0.25, 0.3) is 0 Å². The van der Waals surface area contributed by atoms with Gasteiger partial charge in [0.05, 0.1) is 18.3 Å². The topological polar surface area (TPSA) is 141 Å². The molecule has 1 spiro atoms. The molecule has 6 N–H and O–H groups in total. The van der Waals surface area contributed by atoms with Crippen LogP contribution in [0.4, 0.5) is 0 Å². The Labute approximate surface area is 348 Å². The summed E-state index contributed by atoms with van der Waals surface area (Å²) in [5.74, 6) is -0.705. The fraction of sp³-hybridized carbons (Fsp3) is 0.612. The number of carbonyl (C=O) groups excluding carboxylic acids is 1. The molecule has 1 heterocycles. The lowest BCUT2D eigenvalue weighted by Crippen LogP contribution is -2.65. The van der Waals surface area contributed by atoms with Crippen molar-refractivity contribution in [1.29, 1.82) is 0 Å². The standard InChI is InChI=1S/C49H72N2O7/c1-8-58-32-41(14-9-11-33(2)39-16-15-34(3)46(55)51-47(5,23-26-57-7)29-37-13-10-12-36(27-37)28-39)42-19-21-49(45(42)54)44-38(20-25-52)17-18-40(43(44)35(4)31-53)30-48(49,56)22-24-50-6/h9-15,17-18,27,31,38-40,42,44-46,50-52,54-56H,2,8,16,19-26,28-30,32H2,1,3-7H3/t38-,39-,40+,42-,44-,45-,46-,47-,48-,49-/m1/s1. The second-order valence-electron chi connectivity index (χ2n) is 17.9. The summed E-state index contributed by atoms with van der Waals surface area (Å²) in [5, 5.41) is 53.9. The van der Waals surface area contributed by atoms with Crippen molar-refractivity contribution in [3.63, 3.8) is 0 Å². The van der Waals surface area contributed by atoms with Gasteiger partial charge in [0.1, 0.15) is 12.5 Å². The molecule has 10 atom stereocenters. The summed E-state index contributed by atoms with van der Waals surface area (Å²) < 4.78 is 11.5. The van der Waals surface area contributed by atoms with Crippen LogP contribution in [0.2, 0.25) is 0 Å². The molecule has 5 rings (SSSR count). The summed E-state index contributed by atoms with van der Waals surface area (Å²) in [6, 6.07) is 8.72. The van der Waals surface area contributed by atoms with Gasteiger partial charge in [-0.05, 0) is 145 Å². The average Bonchev–Trinajstić information content (AvgIpc) is 3.55. The molecule has 1 aromatic carbocycles. The fourth-order valence-corrected chi connectivity index (χ4v) is 10.9. The highest BCUT2D eigenvalue weighted by molar-refractivity contribution is 5.74. The Bertz CT molecular complexity index is 1730. The summed E-state index contributed by atoms with van der Waals surface area (Å²) in [7, 11) is 3.59. The molecule has 0 unspecified atom stereocenters. The van der Waals surface area contributed by atoms with Crippen LogP contribution in [-0.4, -0.2) is 97.3 Å². The highest BCUT2D eigenvalue weighted by Crippen LogP contribution is 2.67. The van der Waals surface area contributed by atoms with Gasteiger partial charge in [0, 0.05) is 49.7 Å². The maximum absolute atomic E-state index is 12.9. The van der Waals surface area contributed by atoms with Crippen molar-refractivity contribution in [1.82, 2.24) is 10.6 Å². The fourth-order valence-electron chi connectivity index (χ4n) is 10.9. The van der Waals surface area contributed by atoms with Gasteiger partial charge < -0.3 is 35.2 Å². The van der Waals surface area contributed by atoms with E-state index in [9.17, 15) is 25.2 Å². The van der Waals surface area contributed by atoms with Gasteiger partial charge >= 0.3 is 0 Å². The molecule has 4 bridgehead atoms. The molecule has 1 aliphatic heterocycles. The van der Waals surface area contributed by atoms with Crippen molar-refractivity contribution in [3.8, 4) is 0 Å². The van der Waals surface area contributed by atoms with Crippen molar-refractivity contribution in [2.24, 2.45) is 35.0 Å². The Kier molecular flexibility index (Phi) is 16.3. The lowest BCUT2D eigenvalue weighted by Gasteiger charge is -2.61.